The van der Waals surface area contributed by atoms with Gasteiger partial charge in [-0.15, -0.1) is 0 Å². The minimum atomic E-state index is -3.85. The maximum absolute atomic E-state index is 12.3. The molecule has 1 fully saturated rings. The molecule has 0 atom stereocenters. The van der Waals surface area contributed by atoms with Gasteiger partial charge in [-0.25, -0.2) is 8.42 Å². The average molecular weight is 335 g/mol. The molecular weight excluding hydrogens is 320 g/mol. The Morgan fingerprint density at radius 3 is 2.62 bits per heavy atom. The fourth-order valence-electron chi connectivity index (χ4n) is 2.35. The third-order valence-electron chi connectivity index (χ3n) is 3.41. The van der Waals surface area contributed by atoms with Crippen LogP contribution in [0.25, 0.3) is 0 Å². The highest BCUT2D eigenvalue weighted by Crippen LogP contribution is 2.33. The lowest BCUT2D eigenvalue weighted by molar-refractivity contribution is -0.384. The first-order valence-corrected chi connectivity index (χ1v) is 8.18. The quantitative estimate of drug-likeness (QED) is 0.653. The zero-order valence-electron chi connectivity index (χ0n) is 11.3. The first-order valence-electron chi connectivity index (χ1n) is 6.36. The van der Waals surface area contributed by atoms with E-state index in [0.29, 0.717) is 6.42 Å². The molecule has 7 nitrogen and oxygen atoms in total. The lowest BCUT2D eigenvalue weighted by Crippen LogP contribution is -2.63. The zero-order valence-corrected chi connectivity index (χ0v) is 12.9. The number of rotatable bonds is 5. The second-order valence-electron chi connectivity index (χ2n) is 5.12. The number of halogens is 1. The summed E-state index contributed by atoms with van der Waals surface area (Å²) in [5.41, 5.74) is -1.46. The number of β-amino-alcohol motifs (C(OH)–C–C–N with tert-alkyl or cyclic N) is 1. The molecule has 0 spiro atoms. The summed E-state index contributed by atoms with van der Waals surface area (Å²) in [4.78, 5) is 9.89. The number of sulfonamides is 1. The monoisotopic (exact) mass is 334 g/mol. The molecule has 1 aromatic rings. The van der Waals surface area contributed by atoms with Gasteiger partial charge in [-0.2, -0.15) is 4.31 Å². The summed E-state index contributed by atoms with van der Waals surface area (Å²) in [5, 5.41) is 20.7. The van der Waals surface area contributed by atoms with Gasteiger partial charge in [0.15, 0.2) is 0 Å². The normalized spacial score (nSPS) is 18.2. The maximum atomic E-state index is 12.3. The topological polar surface area (TPSA) is 101 Å². The van der Waals surface area contributed by atoms with Gasteiger partial charge in [-0.05, 0) is 18.6 Å². The Labute approximate surface area is 127 Å². The van der Waals surface area contributed by atoms with E-state index in [1.54, 1.807) is 0 Å². The van der Waals surface area contributed by atoms with E-state index in [-0.39, 0.29) is 23.0 Å². The van der Waals surface area contributed by atoms with Gasteiger partial charge in [0, 0.05) is 19.2 Å². The van der Waals surface area contributed by atoms with Gasteiger partial charge >= 0.3 is 0 Å². The predicted octanol–water partition coefficient (Wildman–Crippen LogP) is 1.78. The Morgan fingerprint density at radius 2 is 2.10 bits per heavy atom. The molecule has 1 aromatic carbocycles. The van der Waals surface area contributed by atoms with Crippen LogP contribution in [0.3, 0.4) is 0 Å². The molecule has 1 saturated heterocycles. The van der Waals surface area contributed by atoms with Crippen molar-refractivity contribution in [2.45, 2.75) is 30.3 Å². The number of aliphatic hydroxyl groups is 1. The average Bonchev–Trinajstić information content (AvgIpc) is 2.36. The van der Waals surface area contributed by atoms with E-state index in [9.17, 15) is 23.6 Å². The highest BCUT2D eigenvalue weighted by atomic mass is 35.5. The van der Waals surface area contributed by atoms with Crippen LogP contribution in [0.2, 0.25) is 5.02 Å². The number of nitrogens with zero attached hydrogens (tertiary/aromatic N) is 2. The Bertz CT molecular complexity index is 670. The molecule has 0 saturated carbocycles. The summed E-state index contributed by atoms with van der Waals surface area (Å²) < 4.78 is 25.8. The Hall–Kier alpha value is -1.22. The molecule has 0 unspecified atom stereocenters. The molecule has 1 N–H and O–H groups in total. The van der Waals surface area contributed by atoms with Crippen LogP contribution >= 0.6 is 11.6 Å². The van der Waals surface area contributed by atoms with E-state index < -0.39 is 26.2 Å². The summed E-state index contributed by atoms with van der Waals surface area (Å²) in [7, 11) is -3.85. The minimum absolute atomic E-state index is 0.000399. The highest BCUT2D eigenvalue weighted by Gasteiger charge is 2.46. The van der Waals surface area contributed by atoms with Crippen LogP contribution in [0.1, 0.15) is 19.8 Å². The standard InChI is InChI=1S/C12H15ClN2O5S/c1-2-5-12(16)7-14(8-12)21(19,20)9-3-4-10(13)11(6-9)15(17)18/h3-4,6,16H,2,5,7-8H2,1H3. The van der Waals surface area contributed by atoms with Gasteiger partial charge in [0.05, 0.1) is 15.4 Å². The molecule has 21 heavy (non-hydrogen) atoms. The Kier molecular flexibility index (Phi) is 4.25. The third-order valence-corrected chi connectivity index (χ3v) is 5.52. The predicted molar refractivity (Wildman–Crippen MR) is 76.7 cm³/mol. The second-order valence-corrected chi connectivity index (χ2v) is 7.46. The van der Waals surface area contributed by atoms with Crippen molar-refractivity contribution in [1.82, 2.24) is 4.31 Å². The molecule has 1 aliphatic heterocycles. The van der Waals surface area contributed by atoms with Gasteiger partial charge in [0.1, 0.15) is 5.02 Å². The van der Waals surface area contributed by atoms with Crippen LogP contribution < -0.4 is 0 Å². The van der Waals surface area contributed by atoms with E-state index >= 15 is 0 Å². The van der Waals surface area contributed by atoms with Crippen LogP contribution in [-0.4, -0.2) is 41.4 Å². The third kappa shape index (κ3) is 3.03. The first-order chi connectivity index (χ1) is 9.69. The van der Waals surface area contributed by atoms with Crippen LogP contribution in [0.5, 0.6) is 0 Å². The summed E-state index contributed by atoms with van der Waals surface area (Å²) in [5.74, 6) is 0. The van der Waals surface area contributed by atoms with Gasteiger partial charge < -0.3 is 5.11 Å². The van der Waals surface area contributed by atoms with Crippen LogP contribution in [-0.2, 0) is 10.0 Å². The van der Waals surface area contributed by atoms with Gasteiger partial charge in [0.2, 0.25) is 10.0 Å². The molecule has 0 aliphatic carbocycles. The SMILES string of the molecule is CCCC1(O)CN(S(=O)(=O)c2ccc(Cl)c([N+](=O)[O-])c2)C1. The van der Waals surface area contributed by atoms with E-state index in [1.807, 2.05) is 6.92 Å². The van der Waals surface area contributed by atoms with Crippen molar-refractivity contribution in [2.75, 3.05) is 13.1 Å². The molecule has 1 heterocycles. The van der Waals surface area contributed by atoms with Gasteiger partial charge in [-0.3, -0.25) is 10.1 Å². The smallest absolute Gasteiger partial charge is 0.289 e. The van der Waals surface area contributed by atoms with E-state index in [4.69, 9.17) is 11.6 Å². The van der Waals surface area contributed by atoms with Crippen LogP contribution in [0.4, 0.5) is 5.69 Å². The van der Waals surface area contributed by atoms with E-state index in [2.05, 4.69) is 0 Å². The molecule has 0 radical (unpaired) electrons. The van der Waals surface area contributed by atoms with Crippen molar-refractivity contribution in [3.63, 3.8) is 0 Å². The fourth-order valence-corrected chi connectivity index (χ4v) is 4.15. The first kappa shape index (κ1) is 16.2. The molecule has 0 amide bonds. The molecular formula is C12H15ClN2O5S. The molecule has 0 bridgehead atoms. The lowest BCUT2D eigenvalue weighted by atomic mass is 9.92. The summed E-state index contributed by atoms with van der Waals surface area (Å²) >= 11 is 5.67. The number of nitro benzene ring substituents is 1. The van der Waals surface area contributed by atoms with E-state index in [1.165, 1.54) is 12.1 Å². The van der Waals surface area contributed by atoms with Gasteiger partial charge in [-0.1, -0.05) is 24.9 Å². The van der Waals surface area contributed by atoms with Crippen molar-refractivity contribution in [1.29, 1.82) is 0 Å². The summed E-state index contributed by atoms with van der Waals surface area (Å²) in [6.07, 6.45) is 1.26. The van der Waals surface area contributed by atoms with E-state index in [0.717, 1.165) is 16.8 Å². The number of nitro groups is 1. The summed E-state index contributed by atoms with van der Waals surface area (Å²) in [6, 6.07) is 3.35. The van der Waals surface area contributed by atoms with Crippen molar-refractivity contribution in [3.8, 4) is 0 Å². The molecule has 2 rings (SSSR count). The second kappa shape index (κ2) is 5.53. The van der Waals surface area contributed by atoms with Crippen molar-refractivity contribution in [3.05, 3.63) is 33.3 Å². The minimum Gasteiger partial charge on any atom is -0.387 e. The Morgan fingerprint density at radius 1 is 1.48 bits per heavy atom. The molecule has 116 valence electrons. The summed E-state index contributed by atoms with van der Waals surface area (Å²) in [6.45, 7) is 1.90. The molecule has 0 aromatic heterocycles. The fraction of sp³-hybridized carbons (Fsp3) is 0.500. The van der Waals surface area contributed by atoms with Gasteiger partial charge in [0.25, 0.3) is 5.69 Å². The van der Waals surface area contributed by atoms with Crippen molar-refractivity contribution < 1.29 is 18.4 Å². The molecule has 9 heteroatoms. The zero-order chi connectivity index (χ0) is 15.8. The van der Waals surface area contributed by atoms with Crippen LogP contribution in [0, 0.1) is 10.1 Å². The number of hydrogen-bond acceptors (Lipinski definition) is 5. The van der Waals surface area contributed by atoms with Crippen molar-refractivity contribution in [2.24, 2.45) is 0 Å². The number of benzene rings is 1. The lowest BCUT2D eigenvalue weighted by Gasteiger charge is -2.45. The Balaban J connectivity index is 2.26. The maximum Gasteiger partial charge on any atom is 0.289 e. The number of hydrogen-bond donors (Lipinski definition) is 1. The van der Waals surface area contributed by atoms with Crippen LogP contribution in [0.15, 0.2) is 23.1 Å². The van der Waals surface area contributed by atoms with Crippen molar-refractivity contribution >= 4 is 27.3 Å². The largest absolute Gasteiger partial charge is 0.387 e. The highest BCUT2D eigenvalue weighted by molar-refractivity contribution is 7.89. The molecule has 1 aliphatic rings.